The molecule has 1 N–H and O–H groups in total. The van der Waals surface area contributed by atoms with Crippen molar-refractivity contribution < 1.29 is 0 Å². The van der Waals surface area contributed by atoms with Gasteiger partial charge < -0.3 is 5.32 Å². The predicted molar refractivity (Wildman–Crippen MR) is 74.3 cm³/mol. The van der Waals surface area contributed by atoms with Crippen LogP contribution in [0.5, 0.6) is 0 Å². The monoisotopic (exact) mass is 279 g/mol. The van der Waals surface area contributed by atoms with Gasteiger partial charge in [-0.25, -0.2) is 19.9 Å². The molecule has 0 fully saturated rings. The average molecular weight is 279 g/mol. The van der Waals surface area contributed by atoms with Gasteiger partial charge in [-0.05, 0) is 30.5 Å². The van der Waals surface area contributed by atoms with Crippen molar-refractivity contribution in [3.8, 4) is 0 Å². The van der Waals surface area contributed by atoms with E-state index in [1.54, 1.807) is 12.4 Å². The molecule has 0 unspecified atom stereocenters. The van der Waals surface area contributed by atoms with E-state index in [2.05, 4.69) is 25.3 Å². The van der Waals surface area contributed by atoms with E-state index in [1.165, 1.54) is 23.5 Å². The maximum absolute atomic E-state index is 4.41. The highest BCUT2D eigenvalue weighted by Gasteiger charge is 2.06. The fraction of sp³-hybridized carbons (Fsp3) is 0.273. The summed E-state index contributed by atoms with van der Waals surface area (Å²) >= 11 is 2.94. The van der Waals surface area contributed by atoms with Gasteiger partial charge in [-0.3, -0.25) is 0 Å². The Morgan fingerprint density at radius 2 is 1.83 bits per heavy atom. The first-order valence-electron chi connectivity index (χ1n) is 5.28. The van der Waals surface area contributed by atoms with Gasteiger partial charge in [0.25, 0.3) is 0 Å². The Labute approximate surface area is 114 Å². The quantitative estimate of drug-likeness (QED) is 0.524. The summed E-state index contributed by atoms with van der Waals surface area (Å²) in [4.78, 5) is 17.2. The lowest BCUT2D eigenvalue weighted by Gasteiger charge is -2.05. The number of aromatic nitrogens is 4. The molecule has 0 bridgehead atoms. The fourth-order valence-electron chi connectivity index (χ4n) is 1.20. The minimum absolute atomic E-state index is 0.688. The molecule has 0 saturated carbocycles. The third kappa shape index (κ3) is 3.33. The second-order valence-electron chi connectivity index (χ2n) is 3.47. The normalized spacial score (nSPS) is 10.4. The Morgan fingerprint density at radius 3 is 2.44 bits per heavy atom. The highest BCUT2D eigenvalue weighted by molar-refractivity contribution is 7.99. The number of hydrogen-bond donors (Lipinski definition) is 1. The highest BCUT2D eigenvalue weighted by Crippen LogP contribution is 2.26. The van der Waals surface area contributed by atoms with Crippen molar-refractivity contribution in [2.75, 3.05) is 18.6 Å². The van der Waals surface area contributed by atoms with Gasteiger partial charge in [-0.15, -0.1) is 0 Å². The van der Waals surface area contributed by atoms with Gasteiger partial charge in [0.2, 0.25) is 0 Å². The van der Waals surface area contributed by atoms with Crippen molar-refractivity contribution in [2.45, 2.75) is 22.3 Å². The smallest absolute Gasteiger partial charge is 0.193 e. The van der Waals surface area contributed by atoms with E-state index in [0.29, 0.717) is 5.16 Å². The maximum atomic E-state index is 4.41. The van der Waals surface area contributed by atoms with E-state index in [4.69, 9.17) is 0 Å². The van der Waals surface area contributed by atoms with Crippen LogP contribution in [0.4, 0.5) is 5.82 Å². The Bertz CT molecular complexity index is 507. The maximum Gasteiger partial charge on any atom is 0.193 e. The number of anilines is 1. The topological polar surface area (TPSA) is 63.6 Å². The van der Waals surface area contributed by atoms with Gasteiger partial charge in [0.1, 0.15) is 10.8 Å². The Morgan fingerprint density at radius 1 is 1.11 bits per heavy atom. The summed E-state index contributed by atoms with van der Waals surface area (Å²) in [7, 11) is 1.84. The van der Waals surface area contributed by atoms with Crippen LogP contribution in [0.2, 0.25) is 0 Å². The van der Waals surface area contributed by atoms with Crippen molar-refractivity contribution in [2.24, 2.45) is 0 Å². The minimum atomic E-state index is 0.688. The minimum Gasteiger partial charge on any atom is -0.373 e. The molecule has 0 aliphatic carbocycles. The molecular weight excluding hydrogens is 266 g/mol. The van der Waals surface area contributed by atoms with Crippen LogP contribution in [0.3, 0.4) is 0 Å². The molecule has 5 nitrogen and oxygen atoms in total. The summed E-state index contributed by atoms with van der Waals surface area (Å²) in [6.07, 6.45) is 5.54. The van der Waals surface area contributed by atoms with Crippen molar-refractivity contribution in [3.05, 3.63) is 24.0 Å². The van der Waals surface area contributed by atoms with Gasteiger partial charge in [0, 0.05) is 25.5 Å². The standard InChI is InChI=1S/C11H13N5S2/c1-7-5-13-10(14-6-7)18-9-4-8(12-2)15-11(16-9)17-3/h4-6H,1-3H3,(H,12,15,16). The lowest BCUT2D eigenvalue weighted by Crippen LogP contribution is -1.97. The molecule has 7 heteroatoms. The van der Waals surface area contributed by atoms with Crippen molar-refractivity contribution in [3.63, 3.8) is 0 Å². The summed E-state index contributed by atoms with van der Waals surface area (Å²) in [6.45, 7) is 1.96. The molecule has 0 aliphatic heterocycles. The summed E-state index contributed by atoms with van der Waals surface area (Å²) in [5, 5.41) is 5.28. The number of nitrogens with one attached hydrogen (secondary N) is 1. The molecule has 0 atom stereocenters. The molecule has 0 saturated heterocycles. The number of nitrogens with zero attached hydrogens (tertiary/aromatic N) is 4. The summed E-state index contributed by atoms with van der Waals surface area (Å²) < 4.78 is 0. The first-order valence-corrected chi connectivity index (χ1v) is 7.32. The zero-order chi connectivity index (χ0) is 13.0. The molecule has 0 aromatic carbocycles. The molecule has 0 aliphatic rings. The fourth-order valence-corrected chi connectivity index (χ4v) is 2.34. The molecule has 2 aromatic heterocycles. The zero-order valence-electron chi connectivity index (χ0n) is 10.3. The van der Waals surface area contributed by atoms with Crippen LogP contribution in [-0.4, -0.2) is 33.2 Å². The van der Waals surface area contributed by atoms with Crippen LogP contribution < -0.4 is 5.32 Å². The first-order chi connectivity index (χ1) is 8.71. The number of rotatable bonds is 4. The molecule has 0 spiro atoms. The Hall–Kier alpha value is -1.34. The molecule has 0 amide bonds. The third-order valence-electron chi connectivity index (χ3n) is 2.07. The summed E-state index contributed by atoms with van der Waals surface area (Å²) in [6, 6.07) is 1.88. The van der Waals surface area contributed by atoms with Gasteiger partial charge in [-0.1, -0.05) is 11.8 Å². The molecule has 94 valence electrons. The highest BCUT2D eigenvalue weighted by atomic mass is 32.2. The largest absolute Gasteiger partial charge is 0.373 e. The van der Waals surface area contributed by atoms with Crippen LogP contribution >= 0.6 is 23.5 Å². The lowest BCUT2D eigenvalue weighted by atomic mass is 10.4. The van der Waals surface area contributed by atoms with E-state index >= 15 is 0 Å². The van der Waals surface area contributed by atoms with Crippen LogP contribution in [0.25, 0.3) is 0 Å². The predicted octanol–water partition coefficient (Wildman–Crippen LogP) is 2.49. The average Bonchev–Trinajstić information content (AvgIpc) is 2.41. The summed E-state index contributed by atoms with van der Waals surface area (Å²) in [5.41, 5.74) is 1.04. The van der Waals surface area contributed by atoms with E-state index in [-0.39, 0.29) is 0 Å². The SMILES string of the molecule is CNc1cc(Sc2ncc(C)cn2)nc(SC)n1. The van der Waals surface area contributed by atoms with Gasteiger partial charge in [-0.2, -0.15) is 0 Å². The second-order valence-corrected chi connectivity index (χ2v) is 5.23. The lowest BCUT2D eigenvalue weighted by molar-refractivity contribution is 0.886. The van der Waals surface area contributed by atoms with Crippen LogP contribution in [0, 0.1) is 6.92 Å². The van der Waals surface area contributed by atoms with Crippen molar-refractivity contribution in [1.29, 1.82) is 0 Å². The Balaban J connectivity index is 2.25. The van der Waals surface area contributed by atoms with Gasteiger partial charge in [0.05, 0.1) is 0 Å². The summed E-state index contributed by atoms with van der Waals surface area (Å²) in [5.74, 6) is 0.795. The van der Waals surface area contributed by atoms with E-state index in [0.717, 1.165) is 21.6 Å². The van der Waals surface area contributed by atoms with E-state index in [1.807, 2.05) is 26.3 Å². The molecule has 2 aromatic rings. The van der Waals surface area contributed by atoms with Crippen LogP contribution in [0.15, 0.2) is 33.8 Å². The molecule has 2 heterocycles. The zero-order valence-corrected chi connectivity index (χ0v) is 12.0. The first kappa shape index (κ1) is 13.1. The number of hydrogen-bond acceptors (Lipinski definition) is 7. The third-order valence-corrected chi connectivity index (χ3v) is 3.43. The number of aryl methyl sites for hydroxylation is 1. The molecule has 2 rings (SSSR count). The molecule has 18 heavy (non-hydrogen) atoms. The Kier molecular flexibility index (Phi) is 4.38. The van der Waals surface area contributed by atoms with Crippen LogP contribution in [-0.2, 0) is 0 Å². The van der Waals surface area contributed by atoms with E-state index in [9.17, 15) is 0 Å². The van der Waals surface area contributed by atoms with Gasteiger partial charge >= 0.3 is 0 Å². The number of thioether (sulfide) groups is 1. The second kappa shape index (κ2) is 6.01. The van der Waals surface area contributed by atoms with Crippen LogP contribution in [0.1, 0.15) is 5.56 Å². The van der Waals surface area contributed by atoms with Gasteiger partial charge in [0.15, 0.2) is 10.3 Å². The van der Waals surface area contributed by atoms with Crippen molar-refractivity contribution >= 4 is 29.3 Å². The van der Waals surface area contributed by atoms with Crippen molar-refractivity contribution in [1.82, 2.24) is 19.9 Å². The molecule has 0 radical (unpaired) electrons. The van der Waals surface area contributed by atoms with E-state index < -0.39 is 0 Å². The molecular formula is C11H13N5S2.